The highest BCUT2D eigenvalue weighted by molar-refractivity contribution is 5.70. The van der Waals surface area contributed by atoms with Gasteiger partial charge in [-0.3, -0.25) is 0 Å². The molecular formula is C37H52. The van der Waals surface area contributed by atoms with Crippen molar-refractivity contribution in [2.45, 2.75) is 107 Å². The maximum Gasteiger partial charge on any atom is -0.0144 e. The van der Waals surface area contributed by atoms with E-state index in [2.05, 4.69) is 110 Å². The van der Waals surface area contributed by atoms with Crippen molar-refractivity contribution in [1.29, 1.82) is 0 Å². The molecule has 0 heterocycles. The third kappa shape index (κ3) is 8.19. The highest BCUT2D eigenvalue weighted by atomic mass is 14.2. The molecule has 37 heavy (non-hydrogen) atoms. The fourth-order valence-corrected chi connectivity index (χ4v) is 5.76. The van der Waals surface area contributed by atoms with Crippen molar-refractivity contribution in [3.8, 4) is 11.1 Å². The van der Waals surface area contributed by atoms with Crippen molar-refractivity contribution in [1.82, 2.24) is 0 Å². The Kier molecular flexibility index (Phi) is 12.4. The first-order chi connectivity index (χ1) is 17.7. The van der Waals surface area contributed by atoms with Gasteiger partial charge in [0.05, 0.1) is 0 Å². The normalized spacial score (nSPS) is 11.7. The van der Waals surface area contributed by atoms with Crippen LogP contribution in [-0.2, 0) is 6.42 Å². The minimum Gasteiger partial charge on any atom is -0.0952 e. The van der Waals surface area contributed by atoms with Crippen LogP contribution in [0.3, 0.4) is 0 Å². The van der Waals surface area contributed by atoms with Crippen LogP contribution in [0.4, 0.5) is 0 Å². The molecule has 0 amide bonds. The zero-order valence-corrected chi connectivity index (χ0v) is 25.3. The second kappa shape index (κ2) is 15.0. The minimum absolute atomic E-state index is 0.494. The Hall–Kier alpha value is -2.60. The Bertz CT molecular complexity index is 1120. The average Bonchev–Trinajstić information content (AvgIpc) is 2.89. The predicted octanol–water partition coefficient (Wildman–Crippen LogP) is 11.6. The lowest BCUT2D eigenvalue weighted by molar-refractivity contribution is 0.450. The van der Waals surface area contributed by atoms with Crippen molar-refractivity contribution in [3.63, 3.8) is 0 Å². The van der Waals surface area contributed by atoms with E-state index in [-0.39, 0.29) is 0 Å². The molecule has 3 aromatic rings. The lowest BCUT2D eigenvalue weighted by Crippen LogP contribution is -2.06. The van der Waals surface area contributed by atoms with E-state index < -0.39 is 0 Å². The van der Waals surface area contributed by atoms with Crippen LogP contribution >= 0.6 is 0 Å². The lowest BCUT2D eigenvalue weighted by Gasteiger charge is -2.21. The van der Waals surface area contributed by atoms with Gasteiger partial charge in [-0.25, -0.2) is 0 Å². The molecule has 0 heteroatoms. The van der Waals surface area contributed by atoms with Crippen molar-refractivity contribution in [2.75, 3.05) is 0 Å². The molecule has 0 N–H and O–H groups in total. The van der Waals surface area contributed by atoms with Gasteiger partial charge >= 0.3 is 0 Å². The monoisotopic (exact) mass is 496 g/mol. The molecule has 0 aliphatic heterocycles. The number of rotatable bonds is 11. The molecule has 0 aromatic heterocycles. The maximum absolute atomic E-state index is 4.44. The summed E-state index contributed by atoms with van der Waals surface area (Å²) in [6.45, 7) is 24.4. The summed E-state index contributed by atoms with van der Waals surface area (Å²) in [5.74, 6) is 1.26. The van der Waals surface area contributed by atoms with Gasteiger partial charge in [0, 0.05) is 0 Å². The van der Waals surface area contributed by atoms with E-state index in [4.69, 9.17) is 0 Å². The highest BCUT2D eigenvalue weighted by Gasteiger charge is 2.15. The number of allylic oxidation sites excluding steroid dienone is 1. The van der Waals surface area contributed by atoms with Gasteiger partial charge in [0.1, 0.15) is 0 Å². The molecule has 0 aliphatic carbocycles. The zero-order chi connectivity index (χ0) is 27.5. The Labute approximate surface area is 229 Å². The summed E-state index contributed by atoms with van der Waals surface area (Å²) >= 11 is 0. The first-order valence-corrected chi connectivity index (χ1v) is 14.7. The van der Waals surface area contributed by atoms with Gasteiger partial charge in [-0.05, 0) is 108 Å². The molecule has 0 fully saturated rings. The van der Waals surface area contributed by atoms with Gasteiger partial charge in [-0.15, -0.1) is 0 Å². The third-order valence-corrected chi connectivity index (χ3v) is 7.93. The van der Waals surface area contributed by atoms with E-state index in [1.807, 2.05) is 13.8 Å². The largest absolute Gasteiger partial charge is 0.0952 e. The molecule has 3 rings (SSSR count). The molecule has 200 valence electrons. The smallest absolute Gasteiger partial charge is 0.0144 e. The average molecular weight is 497 g/mol. The van der Waals surface area contributed by atoms with E-state index in [1.165, 1.54) is 81.3 Å². The Morgan fingerprint density at radius 3 is 1.86 bits per heavy atom. The third-order valence-electron chi connectivity index (χ3n) is 7.93. The molecule has 1 unspecified atom stereocenters. The molecule has 0 nitrogen and oxygen atoms in total. The molecule has 0 aliphatic rings. The topological polar surface area (TPSA) is 0 Å². The number of hydrogen-bond acceptors (Lipinski definition) is 0. The minimum atomic E-state index is 0.494. The zero-order valence-electron chi connectivity index (χ0n) is 25.3. The molecule has 0 saturated carbocycles. The highest BCUT2D eigenvalue weighted by Crippen LogP contribution is 2.32. The van der Waals surface area contributed by atoms with Crippen LogP contribution in [0.2, 0.25) is 0 Å². The second-order valence-electron chi connectivity index (χ2n) is 10.8. The molecular weight excluding hydrogens is 444 g/mol. The molecule has 0 saturated heterocycles. The summed E-state index contributed by atoms with van der Waals surface area (Å²) in [6.07, 6.45) is 7.30. The van der Waals surface area contributed by atoms with E-state index in [0.29, 0.717) is 5.92 Å². The van der Waals surface area contributed by atoms with E-state index >= 15 is 0 Å². The fraction of sp³-hybridized carbons (Fsp3) is 0.459. The van der Waals surface area contributed by atoms with Crippen LogP contribution in [0.1, 0.15) is 112 Å². The lowest BCUT2D eigenvalue weighted by atomic mass is 9.84. The van der Waals surface area contributed by atoms with Crippen LogP contribution in [0, 0.1) is 33.6 Å². The molecule has 0 bridgehead atoms. The summed E-state index contributed by atoms with van der Waals surface area (Å²) in [5.41, 5.74) is 13.8. The van der Waals surface area contributed by atoms with Gasteiger partial charge in [-0.2, -0.15) is 0 Å². The Balaban J connectivity index is 0.00000235. The Morgan fingerprint density at radius 2 is 1.27 bits per heavy atom. The fourth-order valence-electron chi connectivity index (χ4n) is 5.76. The predicted molar refractivity (Wildman–Crippen MR) is 168 cm³/mol. The van der Waals surface area contributed by atoms with E-state index in [9.17, 15) is 0 Å². The maximum atomic E-state index is 4.44. The molecule has 3 aromatic carbocycles. The second-order valence-corrected chi connectivity index (χ2v) is 10.8. The first kappa shape index (κ1) is 30.6. The van der Waals surface area contributed by atoms with Crippen LogP contribution < -0.4 is 0 Å². The van der Waals surface area contributed by atoms with Gasteiger partial charge in [0.25, 0.3) is 0 Å². The first-order valence-electron chi connectivity index (χ1n) is 14.7. The van der Waals surface area contributed by atoms with Crippen LogP contribution in [0.25, 0.3) is 16.7 Å². The number of hydrogen-bond donors (Lipinski definition) is 0. The van der Waals surface area contributed by atoms with Gasteiger partial charge < -0.3 is 0 Å². The number of benzene rings is 3. The van der Waals surface area contributed by atoms with Crippen molar-refractivity contribution in [3.05, 3.63) is 100 Å². The van der Waals surface area contributed by atoms with Crippen molar-refractivity contribution >= 4 is 5.57 Å². The van der Waals surface area contributed by atoms with Gasteiger partial charge in [-0.1, -0.05) is 121 Å². The van der Waals surface area contributed by atoms with Gasteiger partial charge in [0.2, 0.25) is 0 Å². The summed E-state index contributed by atoms with van der Waals surface area (Å²) < 4.78 is 0. The quantitative estimate of drug-likeness (QED) is 0.247. The standard InChI is InChI=1S/C35H46.C2H6/c1-9-11-30(12-10-2)21-27(6)31-17-19-32(20-18-31)33-16-15-25(4)34(23-33)22-28(7)35-26(5)14-13-24(3)29(35)8;1-2/h13-20,23,28,30H,6,9-12,21-22H2,1-5,7-8H3;1-2H3. The Morgan fingerprint density at radius 1 is 0.730 bits per heavy atom. The van der Waals surface area contributed by atoms with Crippen LogP contribution in [0.15, 0.2) is 61.2 Å². The van der Waals surface area contributed by atoms with Crippen LogP contribution in [-0.4, -0.2) is 0 Å². The molecule has 0 radical (unpaired) electrons. The van der Waals surface area contributed by atoms with Crippen molar-refractivity contribution < 1.29 is 0 Å². The van der Waals surface area contributed by atoms with Gasteiger partial charge in [0.15, 0.2) is 0 Å². The van der Waals surface area contributed by atoms with Crippen LogP contribution in [0.5, 0.6) is 0 Å². The summed E-state index contributed by atoms with van der Waals surface area (Å²) in [6, 6.07) is 20.6. The summed E-state index contributed by atoms with van der Waals surface area (Å²) in [7, 11) is 0. The van der Waals surface area contributed by atoms with Crippen molar-refractivity contribution in [2.24, 2.45) is 5.92 Å². The SMILES string of the molecule is C=C(CC(CCC)CCC)c1ccc(-c2ccc(C)c(CC(C)c3c(C)ccc(C)c3C)c2)cc1.CC. The molecule has 1 atom stereocenters. The summed E-state index contributed by atoms with van der Waals surface area (Å²) in [5, 5.41) is 0. The van der Waals surface area contributed by atoms with E-state index in [0.717, 1.165) is 18.8 Å². The van der Waals surface area contributed by atoms with E-state index in [1.54, 1.807) is 0 Å². The summed E-state index contributed by atoms with van der Waals surface area (Å²) in [4.78, 5) is 0. The number of aryl methyl sites for hydroxylation is 3. The molecule has 0 spiro atoms.